The SMILES string of the molecule is CCNC(=NCc1cccc(C#N)c1)NC1CCN(c2ccc(F)cc2F)C1.I. The number of aliphatic imine (C=N–C) groups is 1. The lowest BCUT2D eigenvalue weighted by Crippen LogP contribution is -2.44. The summed E-state index contributed by atoms with van der Waals surface area (Å²) in [6, 6.07) is 13.3. The van der Waals surface area contributed by atoms with Gasteiger partial charge < -0.3 is 15.5 Å². The standard InChI is InChI=1S/C21H23F2N5.HI/c1-2-25-21(26-13-16-5-3-4-15(10-16)12-24)27-18-8-9-28(14-18)20-7-6-17(22)11-19(20)23;/h3-7,10-11,18H,2,8-9,13-14H2,1H3,(H2,25,26,27);1H. The van der Waals surface area contributed by atoms with Gasteiger partial charge in [0.2, 0.25) is 0 Å². The van der Waals surface area contributed by atoms with Crippen molar-refractivity contribution in [2.75, 3.05) is 24.5 Å². The predicted octanol–water partition coefficient (Wildman–Crippen LogP) is 3.79. The zero-order valence-corrected chi connectivity index (χ0v) is 18.5. The maximum absolute atomic E-state index is 14.0. The molecule has 0 aromatic heterocycles. The molecule has 0 saturated carbocycles. The molecule has 1 saturated heterocycles. The molecule has 0 bridgehead atoms. The minimum absolute atomic E-state index is 0. The molecule has 0 radical (unpaired) electrons. The first-order valence-electron chi connectivity index (χ1n) is 9.33. The van der Waals surface area contributed by atoms with Crippen LogP contribution < -0.4 is 15.5 Å². The zero-order chi connectivity index (χ0) is 19.9. The maximum Gasteiger partial charge on any atom is 0.191 e. The Bertz CT molecular complexity index is 897. The summed E-state index contributed by atoms with van der Waals surface area (Å²) < 4.78 is 27.1. The molecule has 1 heterocycles. The number of guanidine groups is 1. The van der Waals surface area contributed by atoms with Crippen LogP contribution in [0.3, 0.4) is 0 Å². The summed E-state index contributed by atoms with van der Waals surface area (Å²) in [7, 11) is 0. The van der Waals surface area contributed by atoms with Gasteiger partial charge in [0.15, 0.2) is 5.96 Å². The number of nitrogens with one attached hydrogen (secondary N) is 2. The number of halogens is 3. The molecule has 1 atom stereocenters. The van der Waals surface area contributed by atoms with Crippen LogP contribution in [0.25, 0.3) is 0 Å². The second-order valence-electron chi connectivity index (χ2n) is 6.68. The number of anilines is 1. The van der Waals surface area contributed by atoms with Crippen LogP contribution in [0.1, 0.15) is 24.5 Å². The van der Waals surface area contributed by atoms with E-state index in [9.17, 15) is 8.78 Å². The first-order chi connectivity index (χ1) is 13.6. The van der Waals surface area contributed by atoms with E-state index in [0.717, 1.165) is 18.1 Å². The summed E-state index contributed by atoms with van der Waals surface area (Å²) in [5.41, 5.74) is 1.98. The highest BCUT2D eigenvalue weighted by molar-refractivity contribution is 14.0. The summed E-state index contributed by atoms with van der Waals surface area (Å²) in [6.07, 6.45) is 0.825. The average Bonchev–Trinajstić information content (AvgIpc) is 3.14. The third-order valence-corrected chi connectivity index (χ3v) is 4.60. The van der Waals surface area contributed by atoms with E-state index >= 15 is 0 Å². The van der Waals surface area contributed by atoms with Crippen LogP contribution in [-0.2, 0) is 6.54 Å². The Morgan fingerprint density at radius 1 is 1.28 bits per heavy atom. The molecule has 29 heavy (non-hydrogen) atoms. The lowest BCUT2D eigenvalue weighted by Gasteiger charge is -2.21. The van der Waals surface area contributed by atoms with Crippen molar-refractivity contribution >= 4 is 35.6 Å². The van der Waals surface area contributed by atoms with Gasteiger partial charge in [-0.05, 0) is 43.2 Å². The minimum Gasteiger partial charge on any atom is -0.367 e. The number of rotatable bonds is 5. The first kappa shape index (κ1) is 22.9. The summed E-state index contributed by atoms with van der Waals surface area (Å²) in [4.78, 5) is 6.50. The summed E-state index contributed by atoms with van der Waals surface area (Å²) in [5, 5.41) is 15.6. The highest BCUT2D eigenvalue weighted by Gasteiger charge is 2.25. The van der Waals surface area contributed by atoms with Gasteiger partial charge in [0.25, 0.3) is 0 Å². The van der Waals surface area contributed by atoms with Crippen molar-refractivity contribution in [2.24, 2.45) is 4.99 Å². The predicted molar refractivity (Wildman–Crippen MR) is 121 cm³/mol. The van der Waals surface area contributed by atoms with Gasteiger partial charge in [-0.15, -0.1) is 24.0 Å². The highest BCUT2D eigenvalue weighted by atomic mass is 127. The molecule has 1 unspecified atom stereocenters. The Hall–Kier alpha value is -2.41. The van der Waals surface area contributed by atoms with Crippen LogP contribution in [0.4, 0.5) is 14.5 Å². The third-order valence-electron chi connectivity index (χ3n) is 4.60. The van der Waals surface area contributed by atoms with E-state index in [0.29, 0.717) is 43.4 Å². The fourth-order valence-corrected chi connectivity index (χ4v) is 3.26. The van der Waals surface area contributed by atoms with E-state index in [1.807, 2.05) is 30.0 Å². The number of nitrogens with zero attached hydrogens (tertiary/aromatic N) is 3. The number of nitriles is 1. The van der Waals surface area contributed by atoms with E-state index < -0.39 is 11.6 Å². The third kappa shape index (κ3) is 6.29. The number of hydrogen-bond donors (Lipinski definition) is 2. The molecule has 2 aromatic rings. The second kappa shape index (κ2) is 11.0. The van der Waals surface area contributed by atoms with Crippen LogP contribution >= 0.6 is 24.0 Å². The number of hydrogen-bond acceptors (Lipinski definition) is 3. The van der Waals surface area contributed by atoms with Crippen molar-refractivity contribution < 1.29 is 8.78 Å². The smallest absolute Gasteiger partial charge is 0.191 e. The molecule has 0 aliphatic carbocycles. The molecule has 2 N–H and O–H groups in total. The Kier molecular flexibility index (Phi) is 8.64. The lowest BCUT2D eigenvalue weighted by molar-refractivity contribution is 0.580. The van der Waals surface area contributed by atoms with Crippen molar-refractivity contribution in [3.8, 4) is 6.07 Å². The Morgan fingerprint density at radius 3 is 2.83 bits per heavy atom. The molecule has 0 spiro atoms. The van der Waals surface area contributed by atoms with Gasteiger partial charge >= 0.3 is 0 Å². The highest BCUT2D eigenvalue weighted by Crippen LogP contribution is 2.24. The van der Waals surface area contributed by atoms with Crippen molar-refractivity contribution in [3.05, 3.63) is 65.2 Å². The largest absolute Gasteiger partial charge is 0.367 e. The molecule has 3 rings (SSSR count). The van der Waals surface area contributed by atoms with Crippen LogP contribution in [0.5, 0.6) is 0 Å². The van der Waals surface area contributed by atoms with Gasteiger partial charge in [0, 0.05) is 31.7 Å². The first-order valence-corrected chi connectivity index (χ1v) is 9.33. The van der Waals surface area contributed by atoms with Crippen molar-refractivity contribution in [3.63, 3.8) is 0 Å². The van der Waals surface area contributed by atoms with E-state index in [1.54, 1.807) is 6.07 Å². The van der Waals surface area contributed by atoms with Crippen LogP contribution in [0.2, 0.25) is 0 Å². The Balaban J connectivity index is 0.00000300. The van der Waals surface area contributed by atoms with Crippen molar-refractivity contribution in [1.82, 2.24) is 10.6 Å². The van der Waals surface area contributed by atoms with Crippen molar-refractivity contribution in [1.29, 1.82) is 5.26 Å². The molecular formula is C21H24F2IN5. The van der Waals surface area contributed by atoms with Crippen molar-refractivity contribution in [2.45, 2.75) is 25.9 Å². The molecule has 0 amide bonds. The van der Waals surface area contributed by atoms with E-state index in [4.69, 9.17) is 5.26 Å². The molecule has 8 heteroatoms. The molecular weight excluding hydrogens is 487 g/mol. The van der Waals surface area contributed by atoms with E-state index in [-0.39, 0.29) is 30.0 Å². The van der Waals surface area contributed by atoms with E-state index in [2.05, 4.69) is 21.7 Å². The van der Waals surface area contributed by atoms with Gasteiger partial charge in [-0.2, -0.15) is 5.26 Å². The molecule has 154 valence electrons. The summed E-state index contributed by atoms with van der Waals surface area (Å²) >= 11 is 0. The van der Waals surface area contributed by atoms with Gasteiger partial charge in [-0.3, -0.25) is 0 Å². The Labute approximate surface area is 186 Å². The summed E-state index contributed by atoms with van der Waals surface area (Å²) in [5.74, 6) is -0.438. The van der Waals surface area contributed by atoms with Gasteiger partial charge in [0.1, 0.15) is 11.6 Å². The topological polar surface area (TPSA) is 63.5 Å². The van der Waals surface area contributed by atoms with E-state index in [1.165, 1.54) is 12.1 Å². The fraction of sp³-hybridized carbons (Fsp3) is 0.333. The summed E-state index contributed by atoms with van der Waals surface area (Å²) in [6.45, 7) is 4.45. The second-order valence-corrected chi connectivity index (χ2v) is 6.68. The fourth-order valence-electron chi connectivity index (χ4n) is 3.26. The van der Waals surface area contributed by atoms with Crippen LogP contribution in [0, 0.1) is 23.0 Å². The monoisotopic (exact) mass is 511 g/mol. The molecule has 5 nitrogen and oxygen atoms in total. The van der Waals surface area contributed by atoms with Gasteiger partial charge in [-0.25, -0.2) is 13.8 Å². The zero-order valence-electron chi connectivity index (χ0n) is 16.2. The average molecular weight is 511 g/mol. The lowest BCUT2D eigenvalue weighted by atomic mass is 10.1. The van der Waals surface area contributed by atoms with Gasteiger partial charge in [-0.1, -0.05) is 12.1 Å². The quantitative estimate of drug-likeness (QED) is 0.365. The molecule has 1 aliphatic heterocycles. The van der Waals surface area contributed by atoms with Gasteiger partial charge in [0.05, 0.1) is 23.9 Å². The van der Waals surface area contributed by atoms with Crippen LogP contribution in [-0.4, -0.2) is 31.6 Å². The molecule has 1 fully saturated rings. The Morgan fingerprint density at radius 2 is 2.10 bits per heavy atom. The normalized spacial score (nSPS) is 16.1. The minimum atomic E-state index is -0.572. The molecule has 1 aliphatic rings. The van der Waals surface area contributed by atoms with Crippen LogP contribution in [0.15, 0.2) is 47.5 Å². The molecule has 2 aromatic carbocycles. The number of benzene rings is 2. The maximum atomic E-state index is 14.0.